The van der Waals surface area contributed by atoms with Gasteiger partial charge in [-0.25, -0.2) is 0 Å². The monoisotopic (exact) mass is 241 g/mol. The van der Waals surface area contributed by atoms with E-state index in [9.17, 15) is 5.11 Å². The van der Waals surface area contributed by atoms with Crippen molar-refractivity contribution in [3.8, 4) is 5.88 Å². The predicted octanol–water partition coefficient (Wildman–Crippen LogP) is 3.62. The minimum absolute atomic E-state index is 0.226. The number of aryl methyl sites for hydroxylation is 1. The summed E-state index contributed by atoms with van der Waals surface area (Å²) in [4.78, 5) is 0. The summed E-state index contributed by atoms with van der Waals surface area (Å²) in [7, 11) is 0. The zero-order chi connectivity index (χ0) is 12.6. The molecule has 0 spiro atoms. The van der Waals surface area contributed by atoms with Crippen molar-refractivity contribution in [2.24, 2.45) is 0 Å². The minimum Gasteiger partial charge on any atom is -0.494 e. The molecule has 1 aliphatic carbocycles. The van der Waals surface area contributed by atoms with Crippen molar-refractivity contribution in [2.75, 3.05) is 0 Å². The summed E-state index contributed by atoms with van der Waals surface area (Å²) in [6, 6.07) is 12.5. The smallest absolute Gasteiger partial charge is 0.190 e. The van der Waals surface area contributed by atoms with Gasteiger partial charge in [-0.15, -0.1) is 0 Å². The Balaban J connectivity index is 1.91. The Kier molecular flexibility index (Phi) is 2.66. The molecule has 0 bridgehead atoms. The van der Waals surface area contributed by atoms with Crippen LogP contribution < -0.4 is 0 Å². The maximum atomic E-state index is 9.79. The summed E-state index contributed by atoms with van der Waals surface area (Å²) in [6.45, 7) is 3.00. The number of hydrogen-bond acceptors (Lipinski definition) is 1. The van der Waals surface area contributed by atoms with Crippen LogP contribution in [0.5, 0.6) is 5.88 Å². The van der Waals surface area contributed by atoms with Crippen LogP contribution in [-0.2, 0) is 12.0 Å². The standard InChI is InChI=1S/C16H19NO/c1-13-5-7-14(8-6-13)16(9-3-10-16)12-17-11-2-4-15(17)18/h2,4-8,11,18H,3,9-10,12H2,1H3. The molecule has 1 aromatic heterocycles. The summed E-state index contributed by atoms with van der Waals surface area (Å²) in [5, 5.41) is 9.79. The molecule has 0 saturated heterocycles. The summed E-state index contributed by atoms with van der Waals surface area (Å²) in [5.74, 6) is 0.369. The quantitative estimate of drug-likeness (QED) is 0.872. The fourth-order valence-electron chi connectivity index (χ4n) is 2.91. The van der Waals surface area contributed by atoms with E-state index in [2.05, 4.69) is 31.2 Å². The molecule has 1 heterocycles. The molecule has 3 rings (SSSR count). The van der Waals surface area contributed by atoms with Gasteiger partial charge in [-0.2, -0.15) is 0 Å². The van der Waals surface area contributed by atoms with Crippen LogP contribution in [-0.4, -0.2) is 9.67 Å². The third kappa shape index (κ3) is 1.82. The lowest BCUT2D eigenvalue weighted by molar-refractivity contribution is 0.201. The molecular formula is C16H19NO. The van der Waals surface area contributed by atoms with Gasteiger partial charge in [-0.3, -0.25) is 0 Å². The van der Waals surface area contributed by atoms with Crippen molar-refractivity contribution in [1.29, 1.82) is 0 Å². The van der Waals surface area contributed by atoms with Crippen molar-refractivity contribution in [3.63, 3.8) is 0 Å². The number of aromatic nitrogens is 1. The lowest BCUT2D eigenvalue weighted by Crippen LogP contribution is -2.38. The lowest BCUT2D eigenvalue weighted by atomic mass is 9.64. The number of hydrogen-bond donors (Lipinski definition) is 1. The zero-order valence-electron chi connectivity index (χ0n) is 10.8. The highest BCUT2D eigenvalue weighted by atomic mass is 16.3. The molecule has 0 unspecified atom stereocenters. The van der Waals surface area contributed by atoms with E-state index in [1.807, 2.05) is 16.8 Å². The third-order valence-electron chi connectivity index (χ3n) is 4.25. The molecule has 1 N–H and O–H groups in total. The van der Waals surface area contributed by atoms with E-state index in [1.165, 1.54) is 30.4 Å². The van der Waals surface area contributed by atoms with Gasteiger partial charge in [0, 0.05) is 18.2 Å². The second kappa shape index (κ2) is 4.20. The highest BCUT2D eigenvalue weighted by Crippen LogP contribution is 2.45. The van der Waals surface area contributed by atoms with Gasteiger partial charge in [0.25, 0.3) is 0 Å². The molecule has 1 aromatic carbocycles. The summed E-state index contributed by atoms with van der Waals surface area (Å²) in [6.07, 6.45) is 5.68. The zero-order valence-corrected chi connectivity index (χ0v) is 10.8. The van der Waals surface area contributed by atoms with Crippen LogP contribution in [0.1, 0.15) is 30.4 Å². The first-order valence-corrected chi connectivity index (χ1v) is 6.61. The fourth-order valence-corrected chi connectivity index (χ4v) is 2.91. The molecule has 2 aromatic rings. The maximum absolute atomic E-state index is 9.79. The SMILES string of the molecule is Cc1ccc(C2(Cn3cccc3O)CCC2)cc1. The number of nitrogens with zero attached hydrogens (tertiary/aromatic N) is 1. The predicted molar refractivity (Wildman–Crippen MR) is 72.8 cm³/mol. The summed E-state index contributed by atoms with van der Waals surface area (Å²) >= 11 is 0. The Morgan fingerprint density at radius 1 is 1.17 bits per heavy atom. The molecule has 18 heavy (non-hydrogen) atoms. The normalized spacial score (nSPS) is 17.4. The fraction of sp³-hybridized carbons (Fsp3) is 0.375. The first kappa shape index (κ1) is 11.4. The molecular weight excluding hydrogens is 222 g/mol. The van der Waals surface area contributed by atoms with E-state index in [1.54, 1.807) is 6.07 Å². The first-order chi connectivity index (χ1) is 8.70. The van der Waals surface area contributed by atoms with Crippen LogP contribution >= 0.6 is 0 Å². The summed E-state index contributed by atoms with van der Waals surface area (Å²) in [5.41, 5.74) is 2.94. The van der Waals surface area contributed by atoms with E-state index in [-0.39, 0.29) is 5.41 Å². The van der Waals surface area contributed by atoms with Gasteiger partial charge < -0.3 is 9.67 Å². The average molecular weight is 241 g/mol. The maximum Gasteiger partial charge on any atom is 0.190 e. The number of rotatable bonds is 3. The Morgan fingerprint density at radius 3 is 2.39 bits per heavy atom. The molecule has 94 valence electrons. The van der Waals surface area contributed by atoms with Crippen molar-refractivity contribution in [3.05, 3.63) is 53.7 Å². The van der Waals surface area contributed by atoms with Crippen LogP contribution in [0.4, 0.5) is 0 Å². The Morgan fingerprint density at radius 2 is 1.89 bits per heavy atom. The van der Waals surface area contributed by atoms with E-state index in [0.29, 0.717) is 5.88 Å². The second-order valence-electron chi connectivity index (χ2n) is 5.49. The Hall–Kier alpha value is -1.70. The van der Waals surface area contributed by atoms with E-state index >= 15 is 0 Å². The van der Waals surface area contributed by atoms with Crippen molar-refractivity contribution in [2.45, 2.75) is 38.1 Å². The van der Waals surface area contributed by atoms with Crippen LogP contribution in [0.15, 0.2) is 42.6 Å². The van der Waals surface area contributed by atoms with Gasteiger partial charge in [0.1, 0.15) is 0 Å². The van der Waals surface area contributed by atoms with Crippen molar-refractivity contribution in [1.82, 2.24) is 4.57 Å². The minimum atomic E-state index is 0.226. The van der Waals surface area contributed by atoms with Gasteiger partial charge in [-0.1, -0.05) is 36.2 Å². The van der Waals surface area contributed by atoms with Gasteiger partial charge in [0.05, 0.1) is 0 Å². The highest BCUT2D eigenvalue weighted by molar-refractivity contribution is 5.31. The van der Waals surface area contributed by atoms with Gasteiger partial charge in [-0.05, 0) is 37.5 Å². The first-order valence-electron chi connectivity index (χ1n) is 6.61. The Bertz CT molecular complexity index is 534. The molecule has 1 saturated carbocycles. The van der Waals surface area contributed by atoms with Gasteiger partial charge in [0.2, 0.25) is 0 Å². The lowest BCUT2D eigenvalue weighted by Gasteiger charge is -2.43. The van der Waals surface area contributed by atoms with Gasteiger partial charge >= 0.3 is 0 Å². The molecule has 0 amide bonds. The number of aromatic hydroxyl groups is 1. The molecule has 0 aliphatic heterocycles. The molecule has 1 fully saturated rings. The van der Waals surface area contributed by atoms with Crippen molar-refractivity contribution < 1.29 is 5.11 Å². The molecule has 0 atom stereocenters. The molecule has 0 radical (unpaired) electrons. The third-order valence-corrected chi connectivity index (χ3v) is 4.25. The number of benzene rings is 1. The molecule has 2 nitrogen and oxygen atoms in total. The van der Waals surface area contributed by atoms with Crippen LogP contribution in [0, 0.1) is 6.92 Å². The largest absolute Gasteiger partial charge is 0.494 e. The van der Waals surface area contributed by atoms with Crippen LogP contribution in [0.2, 0.25) is 0 Å². The average Bonchev–Trinajstić information content (AvgIpc) is 2.71. The Labute approximate surface area is 108 Å². The second-order valence-corrected chi connectivity index (χ2v) is 5.49. The van der Waals surface area contributed by atoms with Crippen LogP contribution in [0.25, 0.3) is 0 Å². The molecule has 1 aliphatic rings. The highest BCUT2D eigenvalue weighted by Gasteiger charge is 2.39. The van der Waals surface area contributed by atoms with E-state index in [4.69, 9.17) is 0 Å². The van der Waals surface area contributed by atoms with Gasteiger partial charge in [0.15, 0.2) is 5.88 Å². The van der Waals surface area contributed by atoms with E-state index in [0.717, 1.165) is 6.54 Å². The van der Waals surface area contributed by atoms with E-state index < -0.39 is 0 Å². The summed E-state index contributed by atoms with van der Waals surface area (Å²) < 4.78 is 1.96. The van der Waals surface area contributed by atoms with Crippen molar-refractivity contribution >= 4 is 0 Å². The van der Waals surface area contributed by atoms with Crippen LogP contribution in [0.3, 0.4) is 0 Å². The topological polar surface area (TPSA) is 25.2 Å². The molecule has 2 heteroatoms.